The van der Waals surface area contributed by atoms with Crippen molar-refractivity contribution < 1.29 is 40.8 Å². The number of hydrogen-bond acceptors (Lipinski definition) is 9. The minimum atomic E-state index is -4.36. The molecule has 0 radical (unpaired) electrons. The molecular weight excluding hydrogens is 898 g/mol. The summed E-state index contributed by atoms with van der Waals surface area (Å²) in [6.45, 7) is 3.03. The Bertz CT molecular complexity index is 2960. The van der Waals surface area contributed by atoms with Gasteiger partial charge < -0.3 is 19.7 Å². The molecule has 6 aliphatic rings. The van der Waals surface area contributed by atoms with Gasteiger partial charge in [-0.2, -0.15) is 12.7 Å². The van der Waals surface area contributed by atoms with E-state index in [1.165, 1.54) is 11.8 Å². The molecule has 6 aliphatic heterocycles. The van der Waals surface area contributed by atoms with Crippen LogP contribution >= 0.6 is 0 Å². The van der Waals surface area contributed by atoms with E-state index in [1.807, 2.05) is 18.2 Å². The summed E-state index contributed by atoms with van der Waals surface area (Å²) in [6, 6.07) is 18.2. The Morgan fingerprint density at radius 2 is 1.63 bits per heavy atom. The van der Waals surface area contributed by atoms with E-state index in [2.05, 4.69) is 54.1 Å². The van der Waals surface area contributed by atoms with Crippen molar-refractivity contribution in [2.24, 2.45) is 5.92 Å². The van der Waals surface area contributed by atoms with Gasteiger partial charge in [0.2, 0.25) is 17.6 Å². The number of pyridine rings is 1. The molecule has 8 heterocycles. The van der Waals surface area contributed by atoms with Gasteiger partial charge in [0.1, 0.15) is 23.7 Å². The number of amides is 3. The number of aromatic nitrogens is 2. The van der Waals surface area contributed by atoms with Gasteiger partial charge in [-0.15, -0.1) is 0 Å². The van der Waals surface area contributed by atoms with Crippen molar-refractivity contribution in [3.05, 3.63) is 113 Å². The number of rotatable bonds is 11. The molecule has 354 valence electrons. The zero-order chi connectivity index (χ0) is 47.0. The summed E-state index contributed by atoms with van der Waals surface area (Å²) < 4.78 is 73.4. The van der Waals surface area contributed by atoms with E-state index < -0.39 is 57.0 Å². The second-order valence-corrected chi connectivity index (χ2v) is 21.0. The van der Waals surface area contributed by atoms with Crippen LogP contribution in [0.25, 0.3) is 22.2 Å². The Morgan fingerprint density at radius 3 is 2.35 bits per heavy atom. The minimum Gasteiger partial charge on any atom is -0.366 e. The first-order chi connectivity index (χ1) is 32.8. The molecule has 2 bridgehead atoms. The third kappa shape index (κ3) is 8.12. The molecule has 18 heteroatoms. The molecule has 0 saturated carbocycles. The van der Waals surface area contributed by atoms with Gasteiger partial charge in [-0.1, -0.05) is 24.3 Å². The lowest BCUT2D eigenvalue weighted by Gasteiger charge is -2.43. The van der Waals surface area contributed by atoms with Gasteiger partial charge in [0.05, 0.1) is 11.3 Å². The number of benzene rings is 3. The van der Waals surface area contributed by atoms with Gasteiger partial charge in [0.15, 0.2) is 5.82 Å². The predicted molar refractivity (Wildman–Crippen MR) is 248 cm³/mol. The topological polar surface area (TPSA) is 168 Å². The number of carbonyl (C=O) groups excluding carboxylic acids is 4. The molecule has 11 rings (SSSR count). The minimum absolute atomic E-state index is 0.00560. The van der Waals surface area contributed by atoms with E-state index in [-0.39, 0.29) is 43.3 Å². The van der Waals surface area contributed by atoms with Crippen LogP contribution in [0.2, 0.25) is 0 Å². The first kappa shape index (κ1) is 44.4. The van der Waals surface area contributed by atoms with Crippen molar-refractivity contribution >= 4 is 56.1 Å². The highest BCUT2D eigenvalue weighted by Gasteiger charge is 2.42. The van der Waals surface area contributed by atoms with E-state index in [0.29, 0.717) is 59.0 Å². The van der Waals surface area contributed by atoms with Gasteiger partial charge in [-0.05, 0) is 129 Å². The molecule has 3 N–H and O–H groups in total. The van der Waals surface area contributed by atoms with Gasteiger partial charge in [0.25, 0.3) is 5.91 Å². The maximum absolute atomic E-state index is 15.8. The summed E-state index contributed by atoms with van der Waals surface area (Å²) in [6.07, 6.45) is 8.88. The molecule has 5 fully saturated rings. The Labute approximate surface area is 391 Å². The third-order valence-corrected chi connectivity index (χ3v) is 16.7. The maximum atomic E-state index is 15.8. The number of alkyl halides is 1. The fraction of sp³-hybridized carbons (Fsp3) is 0.420. The van der Waals surface area contributed by atoms with Crippen LogP contribution in [0.4, 0.5) is 24.5 Å². The number of nitrogens with zero attached hydrogens (tertiary/aromatic N) is 5. The number of anilines is 2. The number of likely N-dealkylation sites (tertiary alicyclic amines) is 1. The van der Waals surface area contributed by atoms with Crippen LogP contribution < -0.4 is 14.9 Å². The number of imide groups is 1. The molecule has 0 spiro atoms. The molecule has 3 amide bonds. The molecule has 14 nitrogen and oxygen atoms in total. The van der Waals surface area contributed by atoms with Crippen molar-refractivity contribution in [1.29, 1.82) is 0 Å². The lowest BCUT2D eigenvalue weighted by atomic mass is 9.86. The quantitative estimate of drug-likeness (QED) is 0.0951. The molecule has 0 aliphatic carbocycles. The number of hydrogen-bond donors (Lipinski definition) is 3. The fourth-order valence-corrected chi connectivity index (χ4v) is 13.0. The molecule has 68 heavy (non-hydrogen) atoms. The normalized spacial score (nSPS) is 24.8. The van der Waals surface area contributed by atoms with Crippen LogP contribution in [0.5, 0.6) is 0 Å². The summed E-state index contributed by atoms with van der Waals surface area (Å²) in [5.41, 5.74) is 4.30. The molecule has 5 aromatic rings. The summed E-state index contributed by atoms with van der Waals surface area (Å²) in [4.78, 5) is 65.5. The number of H-pyrrole nitrogens is 1. The summed E-state index contributed by atoms with van der Waals surface area (Å²) in [5, 5.41) is 2.72. The van der Waals surface area contributed by atoms with Crippen molar-refractivity contribution in [1.82, 2.24) is 29.4 Å². The number of carbonyl (C=O) groups is 4. The molecule has 2 aromatic heterocycles. The lowest BCUT2D eigenvalue weighted by Crippen LogP contribution is -2.52. The van der Waals surface area contributed by atoms with Crippen molar-refractivity contribution in [3.63, 3.8) is 0 Å². The van der Waals surface area contributed by atoms with Gasteiger partial charge in [0, 0.05) is 84.8 Å². The zero-order valence-electron chi connectivity index (χ0n) is 37.2. The van der Waals surface area contributed by atoms with Gasteiger partial charge in [-0.3, -0.25) is 29.2 Å². The fourth-order valence-electron chi connectivity index (χ4n) is 11.8. The second kappa shape index (κ2) is 17.4. The van der Waals surface area contributed by atoms with Crippen LogP contribution in [0.3, 0.4) is 0 Å². The summed E-state index contributed by atoms with van der Waals surface area (Å²) >= 11 is 0. The van der Waals surface area contributed by atoms with Crippen molar-refractivity contribution in [2.45, 2.75) is 94.5 Å². The van der Waals surface area contributed by atoms with Crippen LogP contribution in [0.15, 0.2) is 73.1 Å². The second-order valence-electron chi connectivity index (χ2n) is 19.4. The zero-order valence-corrected chi connectivity index (χ0v) is 38.0. The Kier molecular flexibility index (Phi) is 11.4. The molecule has 3 aromatic carbocycles. The monoisotopic (exact) mass is 948 g/mol. The molecule has 2 unspecified atom stereocenters. The van der Waals surface area contributed by atoms with Crippen molar-refractivity contribution in [3.8, 4) is 11.1 Å². The average Bonchev–Trinajstić information content (AvgIpc) is 4.11. The van der Waals surface area contributed by atoms with E-state index in [0.717, 1.165) is 91.4 Å². The average molecular weight is 949 g/mol. The predicted octanol–water partition coefficient (Wildman–Crippen LogP) is 6.83. The van der Waals surface area contributed by atoms with E-state index in [9.17, 15) is 32.0 Å². The largest absolute Gasteiger partial charge is 0.366 e. The summed E-state index contributed by atoms with van der Waals surface area (Å²) in [7, 11) is -4.36. The van der Waals surface area contributed by atoms with Crippen molar-refractivity contribution in [2.75, 3.05) is 42.3 Å². The van der Waals surface area contributed by atoms with E-state index in [1.54, 1.807) is 17.2 Å². The molecule has 5 saturated heterocycles. The number of ketones is 1. The molecule has 5 atom stereocenters. The highest BCUT2D eigenvalue weighted by molar-refractivity contribution is 7.90. The third-order valence-electron chi connectivity index (χ3n) is 15.2. The SMILES string of the molecule is O=C1CCC(N2Cc3cc(C4CCN(CC5C[C@H]6CC[C@@H](C5)N6c5ccc(-c6cnc7[nH]cc(C(=O)c8c(F)ccc(NS(=O)(=O)N9CC[C@@H](F)C9)c8F)c7c6)cc5)CC4)ccc3C2=O)C(=O)N1. The number of nitrogens with one attached hydrogen (secondary N) is 3. The summed E-state index contributed by atoms with van der Waals surface area (Å²) in [5.74, 6) is -3.35. The van der Waals surface area contributed by atoms with Gasteiger partial charge >= 0.3 is 10.2 Å². The van der Waals surface area contributed by atoms with Crippen LogP contribution in [-0.4, -0.2) is 113 Å². The number of fused-ring (bicyclic) bond motifs is 4. The lowest BCUT2D eigenvalue weighted by molar-refractivity contribution is -0.136. The highest BCUT2D eigenvalue weighted by Crippen LogP contribution is 2.43. The van der Waals surface area contributed by atoms with Crippen LogP contribution in [0.1, 0.15) is 101 Å². The van der Waals surface area contributed by atoms with E-state index in [4.69, 9.17) is 0 Å². The number of halogens is 3. The smallest absolute Gasteiger partial charge is 0.301 e. The first-order valence-electron chi connectivity index (χ1n) is 23.6. The Hall–Kier alpha value is -6.11. The standard InChI is InChI=1S/C50H51F3N8O6S/c51-34-15-18-59(27-34)68(66,67)57-42-10-9-41(52)45(46(42)53)47(63)40-24-55-48-39(40)22-32(23-54-48)29-1-4-35(5-2-29)61-36-6-7-37(61)20-28(19-36)25-58-16-13-30(14-17-58)31-3-8-38-33(21-31)26-60(50(38)65)43-11-12-44(62)56-49(43)64/h1-5,8-10,21-24,28,30,34,36-37,43,57H,6-7,11-20,25-27H2,(H,54,55)(H,56,62,64)/t28?,34-,36-,37+,43?/m1/s1. The number of aromatic amines is 1. The van der Waals surface area contributed by atoms with Crippen LogP contribution in [0, 0.1) is 17.6 Å². The Morgan fingerprint density at radius 1 is 0.868 bits per heavy atom. The van der Waals surface area contributed by atoms with Gasteiger partial charge in [-0.25, -0.2) is 18.2 Å². The van der Waals surface area contributed by atoms with Crippen LogP contribution in [-0.2, 0) is 26.3 Å². The number of piperidine rings is 3. The van der Waals surface area contributed by atoms with E-state index >= 15 is 8.78 Å². The highest BCUT2D eigenvalue weighted by atomic mass is 32.2. The molecular formula is C50H51F3N8O6S. The Balaban J connectivity index is 0.712. The maximum Gasteiger partial charge on any atom is 0.301 e. The first-order valence-corrected chi connectivity index (χ1v) is 25.0.